The van der Waals surface area contributed by atoms with Gasteiger partial charge in [-0.2, -0.15) is 0 Å². The van der Waals surface area contributed by atoms with E-state index in [1.807, 2.05) is 30.3 Å². The maximum absolute atomic E-state index is 13.1. The fourth-order valence-corrected chi connectivity index (χ4v) is 3.87. The summed E-state index contributed by atoms with van der Waals surface area (Å²) in [5.41, 5.74) is 1.68. The smallest absolute Gasteiger partial charge is 0.243 e. The summed E-state index contributed by atoms with van der Waals surface area (Å²) in [4.78, 5) is 39.5. The summed E-state index contributed by atoms with van der Waals surface area (Å²) in [6.07, 6.45) is 1.28. The lowest BCUT2D eigenvalue weighted by atomic mass is 9.84. The number of hydrogen-bond acceptors (Lipinski definition) is 4. The van der Waals surface area contributed by atoms with Gasteiger partial charge in [0.25, 0.3) is 0 Å². The van der Waals surface area contributed by atoms with Gasteiger partial charge in [-0.15, -0.1) is 0 Å². The number of nitrogens with one attached hydrogen (secondary N) is 2. The minimum Gasteiger partial charge on any atom is -0.497 e. The zero-order chi connectivity index (χ0) is 25.1. The van der Waals surface area contributed by atoms with Crippen LogP contribution in [0.15, 0.2) is 54.6 Å². The lowest BCUT2D eigenvalue weighted by molar-refractivity contribution is -0.137. The monoisotopic (exact) mass is 467 g/mol. The number of ether oxygens (including phenoxy) is 1. The van der Waals surface area contributed by atoms with Crippen LogP contribution in [0.5, 0.6) is 5.75 Å². The van der Waals surface area contributed by atoms with Crippen molar-refractivity contribution < 1.29 is 19.1 Å². The average molecular weight is 468 g/mol. The first-order valence-electron chi connectivity index (χ1n) is 11.6. The molecule has 0 fully saturated rings. The molecule has 3 amide bonds. The molecule has 0 saturated heterocycles. The van der Waals surface area contributed by atoms with Gasteiger partial charge in [-0.25, -0.2) is 0 Å². The molecule has 7 heteroatoms. The highest BCUT2D eigenvalue weighted by Gasteiger charge is 2.23. The summed E-state index contributed by atoms with van der Waals surface area (Å²) in [6, 6.07) is 16.5. The number of hydrogen-bond donors (Lipinski definition) is 2. The van der Waals surface area contributed by atoms with Crippen LogP contribution in [0.25, 0.3) is 0 Å². The summed E-state index contributed by atoms with van der Waals surface area (Å²) in [5.74, 6) is 0.0877. The normalized spacial score (nSPS) is 11.9. The van der Waals surface area contributed by atoms with Gasteiger partial charge < -0.3 is 20.3 Å². The fourth-order valence-electron chi connectivity index (χ4n) is 3.87. The molecule has 1 atom stereocenters. The van der Waals surface area contributed by atoms with Gasteiger partial charge in [-0.1, -0.05) is 58.0 Å². The van der Waals surface area contributed by atoms with E-state index in [4.69, 9.17) is 4.74 Å². The van der Waals surface area contributed by atoms with Crippen molar-refractivity contribution in [1.82, 2.24) is 10.2 Å². The van der Waals surface area contributed by atoms with Crippen molar-refractivity contribution in [3.8, 4) is 5.75 Å². The molecule has 0 aliphatic carbocycles. The van der Waals surface area contributed by atoms with Gasteiger partial charge in [0.2, 0.25) is 17.7 Å². The number of methoxy groups -OCH3 is 1. The van der Waals surface area contributed by atoms with Crippen molar-refractivity contribution in [3.63, 3.8) is 0 Å². The largest absolute Gasteiger partial charge is 0.497 e. The Labute approximate surface area is 202 Å². The second-order valence-corrected chi connectivity index (χ2v) is 9.86. The topological polar surface area (TPSA) is 87.7 Å². The number of benzene rings is 2. The highest BCUT2D eigenvalue weighted by molar-refractivity contribution is 5.95. The van der Waals surface area contributed by atoms with Crippen molar-refractivity contribution in [3.05, 3.63) is 60.2 Å². The Balaban J connectivity index is 1.94. The highest BCUT2D eigenvalue weighted by Crippen LogP contribution is 2.26. The molecule has 2 rings (SSSR count). The Hall–Kier alpha value is -3.35. The van der Waals surface area contributed by atoms with Crippen LogP contribution in [-0.4, -0.2) is 42.8 Å². The van der Waals surface area contributed by atoms with Crippen LogP contribution in [0, 0.1) is 11.3 Å². The molecule has 0 radical (unpaired) electrons. The molecule has 1 unspecified atom stereocenters. The van der Waals surface area contributed by atoms with Gasteiger partial charge in [0.05, 0.1) is 20.2 Å². The molecular weight excluding hydrogens is 430 g/mol. The molecule has 2 aromatic rings. The van der Waals surface area contributed by atoms with Crippen LogP contribution < -0.4 is 15.4 Å². The van der Waals surface area contributed by atoms with E-state index in [1.165, 1.54) is 0 Å². The molecule has 0 aliphatic rings. The van der Waals surface area contributed by atoms with Crippen LogP contribution in [-0.2, 0) is 20.9 Å². The lowest BCUT2D eigenvalue weighted by Crippen LogP contribution is -2.43. The van der Waals surface area contributed by atoms with Crippen molar-refractivity contribution in [2.45, 2.75) is 47.1 Å². The Bertz CT molecular complexity index is 937. The van der Waals surface area contributed by atoms with Gasteiger partial charge in [0, 0.05) is 18.7 Å². The van der Waals surface area contributed by atoms with Gasteiger partial charge in [0.1, 0.15) is 5.75 Å². The zero-order valence-corrected chi connectivity index (χ0v) is 20.9. The summed E-state index contributed by atoms with van der Waals surface area (Å²) < 4.78 is 5.10. The van der Waals surface area contributed by atoms with E-state index in [1.54, 1.807) is 36.3 Å². The predicted molar refractivity (Wildman–Crippen MR) is 134 cm³/mol. The number of anilines is 1. The molecule has 0 aliphatic heterocycles. The maximum Gasteiger partial charge on any atom is 0.243 e. The van der Waals surface area contributed by atoms with Crippen molar-refractivity contribution in [2.75, 3.05) is 25.5 Å². The first-order valence-corrected chi connectivity index (χ1v) is 11.6. The molecule has 184 valence electrons. The van der Waals surface area contributed by atoms with Crippen molar-refractivity contribution in [2.24, 2.45) is 11.3 Å². The van der Waals surface area contributed by atoms with Crippen LogP contribution >= 0.6 is 0 Å². The summed E-state index contributed by atoms with van der Waals surface area (Å²) in [7, 11) is 1.57. The number of nitrogens with zero attached hydrogens (tertiary/aromatic N) is 1. The second kappa shape index (κ2) is 12.8. The maximum atomic E-state index is 13.1. The van der Waals surface area contributed by atoms with E-state index in [-0.39, 0.29) is 42.1 Å². The molecule has 34 heavy (non-hydrogen) atoms. The molecular formula is C27H37N3O4. The number of rotatable bonds is 11. The SMILES string of the molecule is COc1ccc(NC(=O)CNC(=O)CN(Cc2ccccc2)C(=O)CC(C)CC(C)(C)C)cc1. The highest BCUT2D eigenvalue weighted by atomic mass is 16.5. The quantitative estimate of drug-likeness (QED) is 0.517. The minimum absolute atomic E-state index is 0.0709. The van der Waals surface area contributed by atoms with E-state index in [9.17, 15) is 14.4 Å². The molecule has 0 saturated carbocycles. The molecule has 0 aromatic heterocycles. The molecule has 2 N–H and O–H groups in total. The van der Waals surface area contributed by atoms with E-state index >= 15 is 0 Å². The summed E-state index contributed by atoms with van der Waals surface area (Å²) >= 11 is 0. The van der Waals surface area contributed by atoms with Gasteiger partial charge >= 0.3 is 0 Å². The third kappa shape index (κ3) is 10.1. The molecule has 0 bridgehead atoms. The van der Waals surface area contributed by atoms with Crippen LogP contribution in [0.3, 0.4) is 0 Å². The Morgan fingerprint density at radius 3 is 2.21 bits per heavy atom. The zero-order valence-electron chi connectivity index (χ0n) is 20.9. The Kier molecular flexibility index (Phi) is 10.1. The molecule has 2 aromatic carbocycles. The molecule has 0 heterocycles. The summed E-state index contributed by atoms with van der Waals surface area (Å²) in [5, 5.41) is 5.34. The predicted octanol–water partition coefficient (Wildman–Crippen LogP) is 4.24. The standard InChI is InChI=1S/C27H37N3O4/c1-20(16-27(2,3)4)15-26(33)30(18-21-9-7-6-8-10-21)19-25(32)28-17-24(31)29-22-11-13-23(34-5)14-12-22/h6-14,20H,15-19H2,1-5H3,(H,28,32)(H,29,31). The molecule has 7 nitrogen and oxygen atoms in total. The van der Waals surface area contributed by atoms with Crippen LogP contribution in [0.1, 0.15) is 46.1 Å². The van der Waals surface area contributed by atoms with E-state index in [2.05, 4.69) is 38.3 Å². The second-order valence-electron chi connectivity index (χ2n) is 9.86. The number of amides is 3. The average Bonchev–Trinajstić information content (AvgIpc) is 2.77. The first kappa shape index (κ1) is 26.9. The number of carbonyl (C=O) groups excluding carboxylic acids is 3. The van der Waals surface area contributed by atoms with Gasteiger partial charge in [0.15, 0.2) is 0 Å². The minimum atomic E-state index is -0.377. The Morgan fingerprint density at radius 2 is 1.62 bits per heavy atom. The van der Waals surface area contributed by atoms with E-state index in [0.717, 1.165) is 12.0 Å². The fraction of sp³-hybridized carbons (Fsp3) is 0.444. The number of carbonyl (C=O) groups is 3. The summed E-state index contributed by atoms with van der Waals surface area (Å²) in [6.45, 7) is 8.58. The Morgan fingerprint density at radius 1 is 0.971 bits per heavy atom. The van der Waals surface area contributed by atoms with E-state index < -0.39 is 0 Å². The third-order valence-electron chi connectivity index (χ3n) is 5.21. The molecule has 0 spiro atoms. The van der Waals surface area contributed by atoms with Crippen molar-refractivity contribution in [1.29, 1.82) is 0 Å². The van der Waals surface area contributed by atoms with Crippen molar-refractivity contribution >= 4 is 23.4 Å². The van der Waals surface area contributed by atoms with Crippen LogP contribution in [0.4, 0.5) is 5.69 Å². The third-order valence-corrected chi connectivity index (χ3v) is 5.21. The first-order chi connectivity index (χ1) is 16.1. The van der Waals surface area contributed by atoms with Gasteiger partial charge in [-0.05, 0) is 47.6 Å². The lowest BCUT2D eigenvalue weighted by Gasteiger charge is -2.27. The van der Waals surface area contributed by atoms with Crippen LogP contribution in [0.2, 0.25) is 0 Å². The van der Waals surface area contributed by atoms with E-state index in [0.29, 0.717) is 24.4 Å². The van der Waals surface area contributed by atoms with Gasteiger partial charge in [-0.3, -0.25) is 14.4 Å².